The minimum atomic E-state index is -0.754. The van der Waals surface area contributed by atoms with Crippen LogP contribution in [0.3, 0.4) is 0 Å². The van der Waals surface area contributed by atoms with Gasteiger partial charge in [-0.05, 0) is 36.6 Å². The molecule has 0 saturated heterocycles. The van der Waals surface area contributed by atoms with Crippen LogP contribution < -0.4 is 15.3 Å². The summed E-state index contributed by atoms with van der Waals surface area (Å²) >= 11 is 0. The molecule has 0 spiro atoms. The van der Waals surface area contributed by atoms with Gasteiger partial charge < -0.3 is 9.15 Å². The summed E-state index contributed by atoms with van der Waals surface area (Å²) in [6.45, 7) is 2.66. The highest BCUT2D eigenvalue weighted by Crippen LogP contribution is 2.26. The SMILES string of the molecule is CC/C=C/c1ccnc(C(Oc2cc(F)c3c(c2)=CCCN=3)c2nnco2)c1. The van der Waals surface area contributed by atoms with Crippen LogP contribution in [0.1, 0.15) is 43.0 Å². The highest BCUT2D eigenvalue weighted by Gasteiger charge is 2.24. The van der Waals surface area contributed by atoms with Crippen LogP contribution in [0, 0.1) is 5.82 Å². The van der Waals surface area contributed by atoms with E-state index in [1.807, 2.05) is 24.3 Å². The van der Waals surface area contributed by atoms with Crippen molar-refractivity contribution < 1.29 is 13.5 Å². The molecule has 3 heterocycles. The molecule has 142 valence electrons. The van der Waals surface area contributed by atoms with Crippen molar-refractivity contribution in [1.82, 2.24) is 15.2 Å². The monoisotopic (exact) mass is 378 g/mol. The Balaban J connectivity index is 1.73. The summed E-state index contributed by atoms with van der Waals surface area (Å²) in [4.78, 5) is 8.64. The largest absolute Gasteiger partial charge is 0.474 e. The van der Waals surface area contributed by atoms with Crippen molar-refractivity contribution in [2.24, 2.45) is 4.99 Å². The van der Waals surface area contributed by atoms with Gasteiger partial charge in [-0.3, -0.25) is 9.98 Å². The molecule has 0 fully saturated rings. The highest BCUT2D eigenvalue weighted by molar-refractivity contribution is 5.49. The summed E-state index contributed by atoms with van der Waals surface area (Å²) in [5.74, 6) is 0.181. The second-order valence-electron chi connectivity index (χ2n) is 6.32. The first-order valence-corrected chi connectivity index (χ1v) is 9.14. The van der Waals surface area contributed by atoms with Gasteiger partial charge in [0.15, 0.2) is 5.82 Å². The van der Waals surface area contributed by atoms with E-state index in [0.29, 0.717) is 23.3 Å². The third-order valence-corrected chi connectivity index (χ3v) is 4.30. The molecule has 0 N–H and O–H groups in total. The molecule has 1 atom stereocenters. The van der Waals surface area contributed by atoms with E-state index in [0.717, 1.165) is 23.6 Å². The van der Waals surface area contributed by atoms with Crippen molar-refractivity contribution in [3.05, 3.63) is 76.5 Å². The lowest BCUT2D eigenvalue weighted by molar-refractivity contribution is 0.202. The predicted octanol–water partition coefficient (Wildman–Crippen LogP) is 3.00. The van der Waals surface area contributed by atoms with Crippen LogP contribution in [-0.2, 0) is 0 Å². The molecule has 4 rings (SSSR count). The van der Waals surface area contributed by atoms with E-state index in [1.54, 1.807) is 12.3 Å². The molecule has 0 bridgehead atoms. The van der Waals surface area contributed by atoms with Gasteiger partial charge in [-0.2, -0.15) is 0 Å². The van der Waals surface area contributed by atoms with Gasteiger partial charge in [0, 0.05) is 24.0 Å². The molecule has 0 radical (unpaired) electrons. The second-order valence-corrected chi connectivity index (χ2v) is 6.32. The number of pyridine rings is 1. The molecule has 1 aliphatic rings. The van der Waals surface area contributed by atoms with Crippen molar-refractivity contribution in [3.63, 3.8) is 0 Å². The third-order valence-electron chi connectivity index (χ3n) is 4.30. The number of hydrogen-bond donors (Lipinski definition) is 0. The number of rotatable bonds is 6. The lowest BCUT2D eigenvalue weighted by atomic mass is 10.1. The van der Waals surface area contributed by atoms with Gasteiger partial charge in [0.25, 0.3) is 5.89 Å². The smallest absolute Gasteiger partial charge is 0.263 e. The number of hydrogen-bond acceptors (Lipinski definition) is 6. The zero-order valence-corrected chi connectivity index (χ0v) is 15.4. The molecule has 1 aliphatic heterocycles. The number of fused-ring (bicyclic) bond motifs is 1. The standard InChI is InChI=1S/C21H19FN4O2/c1-2-3-5-14-7-9-23-18(10-14)20(21-26-25-13-27-21)28-16-11-15-6-4-8-24-19(15)17(22)12-16/h3,5-7,9-13,20H,2,4,8H2,1H3/b5-3+. The maximum Gasteiger partial charge on any atom is 0.263 e. The molecule has 1 unspecified atom stereocenters. The molecule has 6 nitrogen and oxygen atoms in total. The average Bonchev–Trinajstić information content (AvgIpc) is 3.25. The summed E-state index contributed by atoms with van der Waals surface area (Å²) in [6, 6.07) is 6.88. The number of allylic oxidation sites excluding steroid dienone is 1. The van der Waals surface area contributed by atoms with E-state index >= 15 is 0 Å². The van der Waals surface area contributed by atoms with Crippen LogP contribution in [0.2, 0.25) is 0 Å². The van der Waals surface area contributed by atoms with Crippen LogP contribution in [0.5, 0.6) is 5.75 Å². The first kappa shape index (κ1) is 18.0. The molecule has 1 aromatic carbocycles. The van der Waals surface area contributed by atoms with Crippen molar-refractivity contribution in [2.45, 2.75) is 25.9 Å². The minimum absolute atomic E-state index is 0.246. The minimum Gasteiger partial charge on any atom is -0.474 e. The van der Waals surface area contributed by atoms with Gasteiger partial charge in [0.2, 0.25) is 12.5 Å². The summed E-state index contributed by atoms with van der Waals surface area (Å²) in [6.07, 6.45) is 9.88. The van der Waals surface area contributed by atoms with Crippen LogP contribution in [-0.4, -0.2) is 21.7 Å². The first-order chi connectivity index (χ1) is 13.7. The molecule has 2 aromatic heterocycles. The number of aromatic nitrogens is 3. The predicted molar refractivity (Wildman–Crippen MR) is 101 cm³/mol. The van der Waals surface area contributed by atoms with Crippen LogP contribution in [0.4, 0.5) is 4.39 Å². The Labute approximate surface area is 161 Å². The molecule has 7 heteroatoms. The molecule has 0 aliphatic carbocycles. The summed E-state index contributed by atoms with van der Waals surface area (Å²) in [5.41, 5.74) is 1.57. The Hall–Kier alpha value is -3.35. The van der Waals surface area contributed by atoms with Crippen molar-refractivity contribution in [3.8, 4) is 5.75 Å². The van der Waals surface area contributed by atoms with E-state index in [1.165, 1.54) is 12.5 Å². The summed E-state index contributed by atoms with van der Waals surface area (Å²) in [7, 11) is 0. The summed E-state index contributed by atoms with van der Waals surface area (Å²) in [5, 5.41) is 8.80. The van der Waals surface area contributed by atoms with E-state index in [4.69, 9.17) is 9.15 Å². The van der Waals surface area contributed by atoms with Crippen molar-refractivity contribution in [1.29, 1.82) is 0 Å². The second kappa shape index (κ2) is 8.12. The maximum absolute atomic E-state index is 14.5. The molecular weight excluding hydrogens is 359 g/mol. The number of nitrogens with zero attached hydrogens (tertiary/aromatic N) is 4. The fourth-order valence-electron chi connectivity index (χ4n) is 3.02. The zero-order valence-electron chi connectivity index (χ0n) is 15.4. The van der Waals surface area contributed by atoms with Crippen LogP contribution in [0.25, 0.3) is 12.2 Å². The quantitative estimate of drug-likeness (QED) is 0.659. The first-order valence-electron chi connectivity index (χ1n) is 9.14. The third kappa shape index (κ3) is 3.83. The van der Waals surface area contributed by atoms with Gasteiger partial charge >= 0.3 is 0 Å². The van der Waals surface area contributed by atoms with Gasteiger partial charge in [-0.1, -0.05) is 25.2 Å². The van der Waals surface area contributed by atoms with Gasteiger partial charge in [-0.15, -0.1) is 10.2 Å². The Morgan fingerprint density at radius 3 is 3.07 bits per heavy atom. The Morgan fingerprint density at radius 1 is 1.32 bits per heavy atom. The summed E-state index contributed by atoms with van der Waals surface area (Å²) < 4.78 is 25.9. The number of ether oxygens (including phenoxy) is 1. The normalized spacial score (nSPS) is 14.2. The Kier molecular flexibility index (Phi) is 5.23. The van der Waals surface area contributed by atoms with E-state index in [9.17, 15) is 4.39 Å². The lowest BCUT2D eigenvalue weighted by Gasteiger charge is -2.16. The molecule has 0 amide bonds. The van der Waals surface area contributed by atoms with E-state index in [-0.39, 0.29) is 5.89 Å². The molecule has 3 aromatic rings. The Morgan fingerprint density at radius 2 is 2.25 bits per heavy atom. The van der Waals surface area contributed by atoms with Gasteiger partial charge in [0.1, 0.15) is 11.1 Å². The van der Waals surface area contributed by atoms with Gasteiger partial charge in [-0.25, -0.2) is 4.39 Å². The fraction of sp³-hybridized carbons (Fsp3) is 0.238. The van der Waals surface area contributed by atoms with E-state index in [2.05, 4.69) is 33.2 Å². The van der Waals surface area contributed by atoms with Crippen molar-refractivity contribution in [2.75, 3.05) is 6.54 Å². The molecule has 0 saturated carbocycles. The fourth-order valence-corrected chi connectivity index (χ4v) is 3.02. The average molecular weight is 378 g/mol. The molecular formula is C21H19FN4O2. The number of halogens is 1. The van der Waals surface area contributed by atoms with Crippen molar-refractivity contribution >= 4 is 12.2 Å². The lowest BCUT2D eigenvalue weighted by Crippen LogP contribution is -2.31. The Bertz CT molecular complexity index is 1110. The van der Waals surface area contributed by atoms with Gasteiger partial charge in [0.05, 0.1) is 5.69 Å². The maximum atomic E-state index is 14.5. The topological polar surface area (TPSA) is 73.4 Å². The van der Waals surface area contributed by atoms with Crippen LogP contribution >= 0.6 is 0 Å². The van der Waals surface area contributed by atoms with Crippen LogP contribution in [0.15, 0.2) is 52.3 Å². The number of benzene rings is 1. The van der Waals surface area contributed by atoms with E-state index < -0.39 is 11.9 Å². The molecule has 28 heavy (non-hydrogen) atoms. The highest BCUT2D eigenvalue weighted by atomic mass is 19.1. The zero-order chi connectivity index (χ0) is 19.3.